The molecule has 0 aromatic carbocycles. The zero-order valence-corrected chi connectivity index (χ0v) is 12.9. The lowest BCUT2D eigenvalue weighted by Gasteiger charge is -2.38. The minimum absolute atomic E-state index is 0.767. The topological polar surface area (TPSA) is 18.5 Å². The highest BCUT2D eigenvalue weighted by molar-refractivity contribution is 4.78. The fourth-order valence-electron chi connectivity index (χ4n) is 2.86. The minimum Gasteiger partial charge on any atom is -0.314 e. The summed E-state index contributed by atoms with van der Waals surface area (Å²) in [4.78, 5) is 5.12. The number of hydrogen-bond donors (Lipinski definition) is 1. The largest absolute Gasteiger partial charge is 0.314 e. The van der Waals surface area contributed by atoms with Crippen LogP contribution in [0.15, 0.2) is 0 Å². The molecular weight excluding hydrogens is 222 g/mol. The van der Waals surface area contributed by atoms with Gasteiger partial charge in [-0.2, -0.15) is 0 Å². The van der Waals surface area contributed by atoms with Crippen molar-refractivity contribution in [2.24, 2.45) is 5.92 Å². The molecule has 18 heavy (non-hydrogen) atoms. The van der Waals surface area contributed by atoms with E-state index in [1.807, 2.05) is 0 Å². The summed E-state index contributed by atoms with van der Waals surface area (Å²) in [6, 6.07) is 0.767. The van der Waals surface area contributed by atoms with Crippen molar-refractivity contribution in [1.82, 2.24) is 15.1 Å². The lowest BCUT2D eigenvalue weighted by Crippen LogP contribution is -2.45. The zero-order chi connectivity index (χ0) is 13.4. The van der Waals surface area contributed by atoms with Crippen LogP contribution in [0, 0.1) is 5.92 Å². The van der Waals surface area contributed by atoms with Crippen LogP contribution in [0.5, 0.6) is 0 Å². The normalized spacial score (nSPS) is 25.8. The summed E-state index contributed by atoms with van der Waals surface area (Å²) < 4.78 is 0. The van der Waals surface area contributed by atoms with Gasteiger partial charge in [0.15, 0.2) is 0 Å². The SMILES string of the molecule is CCN(CC)CCNCCN1CCCC(C)C1C. The standard InChI is InChI=1S/C15H33N3/c1-5-17(6-2)12-9-16-10-13-18-11-7-8-14(3)15(18)4/h14-16H,5-13H2,1-4H3. The van der Waals surface area contributed by atoms with Gasteiger partial charge in [-0.25, -0.2) is 0 Å². The molecule has 0 aromatic rings. The summed E-state index contributed by atoms with van der Waals surface area (Å²) in [6.45, 7) is 17.5. The fraction of sp³-hybridized carbons (Fsp3) is 1.00. The predicted octanol–water partition coefficient (Wildman–Crippen LogP) is 2.04. The maximum atomic E-state index is 3.58. The first-order chi connectivity index (χ1) is 8.69. The summed E-state index contributed by atoms with van der Waals surface area (Å²) >= 11 is 0. The van der Waals surface area contributed by atoms with Crippen LogP contribution in [0.4, 0.5) is 0 Å². The Hall–Kier alpha value is -0.120. The quantitative estimate of drug-likeness (QED) is 0.670. The van der Waals surface area contributed by atoms with Crippen LogP contribution < -0.4 is 5.32 Å². The molecule has 0 spiro atoms. The molecule has 1 aliphatic heterocycles. The fourth-order valence-corrected chi connectivity index (χ4v) is 2.86. The van der Waals surface area contributed by atoms with Gasteiger partial charge < -0.3 is 10.2 Å². The molecule has 2 atom stereocenters. The zero-order valence-electron chi connectivity index (χ0n) is 12.9. The Balaban J connectivity index is 2.06. The highest BCUT2D eigenvalue weighted by atomic mass is 15.2. The minimum atomic E-state index is 0.767. The highest BCUT2D eigenvalue weighted by Gasteiger charge is 2.23. The first-order valence-electron chi connectivity index (χ1n) is 7.86. The van der Waals surface area contributed by atoms with Crippen LogP contribution in [0.3, 0.4) is 0 Å². The molecule has 0 aliphatic carbocycles. The van der Waals surface area contributed by atoms with Crippen molar-refractivity contribution in [2.45, 2.75) is 46.6 Å². The lowest BCUT2D eigenvalue weighted by atomic mass is 9.92. The smallest absolute Gasteiger partial charge is 0.0110 e. The molecular formula is C15H33N3. The van der Waals surface area contributed by atoms with Gasteiger partial charge in [-0.05, 0) is 45.3 Å². The molecule has 0 amide bonds. The third-order valence-electron chi connectivity index (χ3n) is 4.58. The van der Waals surface area contributed by atoms with Crippen molar-refractivity contribution >= 4 is 0 Å². The van der Waals surface area contributed by atoms with Crippen molar-refractivity contribution in [3.05, 3.63) is 0 Å². The molecule has 0 bridgehead atoms. The molecule has 2 unspecified atom stereocenters. The summed E-state index contributed by atoms with van der Waals surface area (Å²) in [6.07, 6.45) is 2.79. The van der Waals surface area contributed by atoms with E-state index in [-0.39, 0.29) is 0 Å². The molecule has 1 heterocycles. The van der Waals surface area contributed by atoms with Crippen LogP contribution in [0.1, 0.15) is 40.5 Å². The second-order valence-corrected chi connectivity index (χ2v) is 5.67. The van der Waals surface area contributed by atoms with Crippen LogP contribution in [-0.2, 0) is 0 Å². The Kier molecular flexibility index (Phi) is 7.87. The number of likely N-dealkylation sites (tertiary alicyclic amines) is 1. The second-order valence-electron chi connectivity index (χ2n) is 5.67. The van der Waals surface area contributed by atoms with Crippen LogP contribution in [-0.4, -0.2) is 61.7 Å². The number of hydrogen-bond acceptors (Lipinski definition) is 3. The lowest BCUT2D eigenvalue weighted by molar-refractivity contribution is 0.114. The summed E-state index contributed by atoms with van der Waals surface area (Å²) in [5.74, 6) is 0.870. The van der Waals surface area contributed by atoms with Gasteiger partial charge in [0.25, 0.3) is 0 Å². The number of rotatable bonds is 8. The summed E-state index contributed by atoms with van der Waals surface area (Å²) in [5.41, 5.74) is 0. The molecule has 0 aromatic heterocycles. The van der Waals surface area contributed by atoms with E-state index < -0.39 is 0 Å². The van der Waals surface area contributed by atoms with E-state index >= 15 is 0 Å². The van der Waals surface area contributed by atoms with Crippen molar-refractivity contribution in [3.63, 3.8) is 0 Å². The molecule has 1 rings (SSSR count). The van der Waals surface area contributed by atoms with E-state index in [0.29, 0.717) is 0 Å². The van der Waals surface area contributed by atoms with Crippen LogP contribution >= 0.6 is 0 Å². The first-order valence-corrected chi connectivity index (χ1v) is 7.86. The maximum absolute atomic E-state index is 3.58. The van der Waals surface area contributed by atoms with Crippen molar-refractivity contribution in [3.8, 4) is 0 Å². The molecule has 1 fully saturated rings. The Bertz CT molecular complexity index is 204. The van der Waals surface area contributed by atoms with Gasteiger partial charge in [-0.3, -0.25) is 4.90 Å². The molecule has 3 heteroatoms. The van der Waals surface area contributed by atoms with E-state index in [1.165, 1.54) is 45.6 Å². The van der Waals surface area contributed by atoms with Gasteiger partial charge >= 0.3 is 0 Å². The Morgan fingerprint density at radius 3 is 2.56 bits per heavy atom. The number of nitrogens with zero attached hydrogens (tertiary/aromatic N) is 2. The molecule has 1 saturated heterocycles. The van der Waals surface area contributed by atoms with Gasteiger partial charge in [0, 0.05) is 32.2 Å². The average molecular weight is 255 g/mol. The number of likely N-dealkylation sites (N-methyl/N-ethyl adjacent to an activating group) is 1. The van der Waals surface area contributed by atoms with Gasteiger partial charge in [0.05, 0.1) is 0 Å². The van der Waals surface area contributed by atoms with E-state index in [4.69, 9.17) is 0 Å². The number of piperidine rings is 1. The third-order valence-corrected chi connectivity index (χ3v) is 4.58. The molecule has 0 radical (unpaired) electrons. The average Bonchev–Trinajstić information content (AvgIpc) is 2.38. The van der Waals surface area contributed by atoms with E-state index in [1.54, 1.807) is 0 Å². The van der Waals surface area contributed by atoms with E-state index in [2.05, 4.69) is 42.8 Å². The third kappa shape index (κ3) is 5.25. The van der Waals surface area contributed by atoms with Crippen molar-refractivity contribution in [2.75, 3.05) is 45.8 Å². The summed E-state index contributed by atoms with van der Waals surface area (Å²) in [5, 5.41) is 3.58. The Morgan fingerprint density at radius 1 is 1.17 bits per heavy atom. The van der Waals surface area contributed by atoms with E-state index in [9.17, 15) is 0 Å². The summed E-state index contributed by atoms with van der Waals surface area (Å²) in [7, 11) is 0. The van der Waals surface area contributed by atoms with Gasteiger partial charge in [0.1, 0.15) is 0 Å². The van der Waals surface area contributed by atoms with E-state index in [0.717, 1.165) is 25.0 Å². The van der Waals surface area contributed by atoms with Gasteiger partial charge in [-0.15, -0.1) is 0 Å². The van der Waals surface area contributed by atoms with Gasteiger partial charge in [-0.1, -0.05) is 20.8 Å². The molecule has 0 saturated carbocycles. The number of nitrogens with one attached hydrogen (secondary N) is 1. The van der Waals surface area contributed by atoms with Crippen LogP contribution in [0.25, 0.3) is 0 Å². The Morgan fingerprint density at radius 2 is 1.89 bits per heavy atom. The first kappa shape index (κ1) is 15.9. The van der Waals surface area contributed by atoms with Gasteiger partial charge in [0.2, 0.25) is 0 Å². The molecule has 1 N–H and O–H groups in total. The van der Waals surface area contributed by atoms with Crippen molar-refractivity contribution < 1.29 is 0 Å². The highest BCUT2D eigenvalue weighted by Crippen LogP contribution is 2.21. The second kappa shape index (κ2) is 8.89. The van der Waals surface area contributed by atoms with Crippen LogP contribution in [0.2, 0.25) is 0 Å². The predicted molar refractivity (Wildman–Crippen MR) is 80.1 cm³/mol. The maximum Gasteiger partial charge on any atom is 0.0110 e. The monoisotopic (exact) mass is 255 g/mol. The molecule has 108 valence electrons. The van der Waals surface area contributed by atoms with Crippen molar-refractivity contribution in [1.29, 1.82) is 0 Å². The Labute approximate surface area is 114 Å². The molecule has 3 nitrogen and oxygen atoms in total. The molecule has 1 aliphatic rings.